The zero-order valence-corrected chi connectivity index (χ0v) is 15.3. The molecule has 0 saturated heterocycles. The molecule has 3 aromatic rings. The van der Waals surface area contributed by atoms with Crippen LogP contribution in [0.2, 0.25) is 0 Å². The largest absolute Gasteiger partial charge is 0.341 e. The Bertz CT molecular complexity index is 851. The van der Waals surface area contributed by atoms with Gasteiger partial charge in [-0.1, -0.05) is 60.3 Å². The molecule has 0 unspecified atom stereocenters. The van der Waals surface area contributed by atoms with Crippen LogP contribution in [0, 0.1) is 5.82 Å². The Hall–Kier alpha value is -2.18. The Morgan fingerprint density at radius 1 is 1.16 bits per heavy atom. The second-order valence-corrected chi connectivity index (χ2v) is 7.58. The van der Waals surface area contributed by atoms with E-state index in [0.717, 1.165) is 15.6 Å². The predicted octanol–water partition coefficient (Wildman–Crippen LogP) is 4.70. The first-order chi connectivity index (χ1) is 12.1. The summed E-state index contributed by atoms with van der Waals surface area (Å²) in [5.74, 6) is -0.0564. The molecule has 0 aliphatic rings. The van der Waals surface area contributed by atoms with E-state index in [0.29, 0.717) is 5.56 Å². The number of carbonyl (C=O) groups excluding carboxylic acids is 1. The molecule has 0 saturated carbocycles. The minimum Gasteiger partial charge on any atom is -0.341 e. The second-order valence-electron chi connectivity index (χ2n) is 5.49. The third-order valence-corrected chi connectivity index (χ3v) is 5.67. The lowest BCUT2D eigenvalue weighted by Gasteiger charge is -2.17. The fraction of sp³-hybridized carbons (Fsp3) is 0.158. The van der Waals surface area contributed by atoms with E-state index in [-0.39, 0.29) is 24.0 Å². The smallest absolute Gasteiger partial charge is 0.233 e. The van der Waals surface area contributed by atoms with Crippen LogP contribution in [0.1, 0.15) is 5.56 Å². The first-order valence-corrected chi connectivity index (χ1v) is 9.61. The summed E-state index contributed by atoms with van der Waals surface area (Å²) < 4.78 is 14.5. The lowest BCUT2D eigenvalue weighted by atomic mass is 10.2. The highest BCUT2D eigenvalue weighted by Crippen LogP contribution is 2.28. The van der Waals surface area contributed by atoms with Crippen molar-refractivity contribution in [2.24, 2.45) is 0 Å². The molecule has 0 spiro atoms. The fourth-order valence-electron chi connectivity index (χ4n) is 2.27. The van der Waals surface area contributed by atoms with Gasteiger partial charge in [-0.2, -0.15) is 0 Å². The van der Waals surface area contributed by atoms with Crippen molar-refractivity contribution in [3.05, 3.63) is 71.4 Å². The summed E-state index contributed by atoms with van der Waals surface area (Å²) >= 11 is 2.94. The van der Waals surface area contributed by atoms with Crippen LogP contribution in [-0.2, 0) is 11.3 Å². The first kappa shape index (κ1) is 17.6. The summed E-state index contributed by atoms with van der Waals surface area (Å²) in [6, 6.07) is 16.5. The van der Waals surface area contributed by atoms with Crippen LogP contribution in [0.4, 0.5) is 4.39 Å². The van der Waals surface area contributed by atoms with Gasteiger partial charge in [0.25, 0.3) is 0 Å². The lowest BCUT2D eigenvalue weighted by molar-refractivity contribution is -0.127. The van der Waals surface area contributed by atoms with Gasteiger partial charge in [-0.15, -0.1) is 11.3 Å². The molecular formula is C19H17FN2OS2. The molecule has 0 aliphatic carbocycles. The van der Waals surface area contributed by atoms with Crippen LogP contribution in [-0.4, -0.2) is 28.6 Å². The van der Waals surface area contributed by atoms with Crippen LogP contribution < -0.4 is 0 Å². The zero-order valence-electron chi connectivity index (χ0n) is 13.7. The molecule has 6 heteroatoms. The van der Waals surface area contributed by atoms with Crippen molar-refractivity contribution in [3.8, 4) is 11.3 Å². The normalized spacial score (nSPS) is 10.6. The summed E-state index contributed by atoms with van der Waals surface area (Å²) in [5.41, 5.74) is 2.50. The van der Waals surface area contributed by atoms with E-state index in [9.17, 15) is 9.18 Å². The number of halogens is 1. The van der Waals surface area contributed by atoms with Crippen LogP contribution in [0.15, 0.2) is 64.3 Å². The van der Waals surface area contributed by atoms with Gasteiger partial charge in [0.15, 0.2) is 4.34 Å². The maximum atomic E-state index is 13.7. The Morgan fingerprint density at radius 2 is 1.88 bits per heavy atom. The number of aromatic nitrogens is 1. The Kier molecular flexibility index (Phi) is 5.83. The maximum absolute atomic E-state index is 13.7. The van der Waals surface area contributed by atoms with E-state index in [2.05, 4.69) is 4.98 Å². The topological polar surface area (TPSA) is 33.2 Å². The maximum Gasteiger partial charge on any atom is 0.233 e. The highest BCUT2D eigenvalue weighted by Gasteiger charge is 2.13. The number of carbonyl (C=O) groups is 1. The number of hydrogen-bond acceptors (Lipinski definition) is 4. The highest BCUT2D eigenvalue weighted by atomic mass is 32.2. The van der Waals surface area contributed by atoms with Crippen molar-refractivity contribution in [2.45, 2.75) is 10.9 Å². The van der Waals surface area contributed by atoms with E-state index in [1.165, 1.54) is 34.1 Å². The van der Waals surface area contributed by atoms with E-state index < -0.39 is 0 Å². The number of nitrogens with zero attached hydrogens (tertiary/aromatic N) is 2. The van der Waals surface area contributed by atoms with Gasteiger partial charge < -0.3 is 4.90 Å². The van der Waals surface area contributed by atoms with Gasteiger partial charge in [0.2, 0.25) is 5.91 Å². The van der Waals surface area contributed by atoms with Crippen LogP contribution in [0.25, 0.3) is 11.3 Å². The molecule has 1 heterocycles. The number of benzene rings is 2. The molecule has 2 aromatic carbocycles. The number of hydrogen-bond donors (Lipinski definition) is 0. The summed E-state index contributed by atoms with van der Waals surface area (Å²) in [4.78, 5) is 18.4. The predicted molar refractivity (Wildman–Crippen MR) is 101 cm³/mol. The van der Waals surface area contributed by atoms with Gasteiger partial charge in [0.1, 0.15) is 5.82 Å². The van der Waals surface area contributed by atoms with Crippen molar-refractivity contribution in [3.63, 3.8) is 0 Å². The quantitative estimate of drug-likeness (QED) is 0.588. The summed E-state index contributed by atoms with van der Waals surface area (Å²) in [7, 11) is 1.69. The highest BCUT2D eigenvalue weighted by molar-refractivity contribution is 8.01. The molecule has 0 aliphatic heterocycles. The van der Waals surface area contributed by atoms with Gasteiger partial charge >= 0.3 is 0 Å². The average molecular weight is 372 g/mol. The Balaban J connectivity index is 1.55. The van der Waals surface area contributed by atoms with Gasteiger partial charge in [-0.05, 0) is 6.07 Å². The van der Waals surface area contributed by atoms with Crippen LogP contribution in [0.3, 0.4) is 0 Å². The SMILES string of the molecule is CN(Cc1ccccc1F)C(=O)CSc1nc(-c2ccccc2)cs1. The average Bonchev–Trinajstić information content (AvgIpc) is 3.11. The molecule has 0 radical (unpaired) electrons. The molecule has 3 rings (SSSR count). The standard InChI is InChI=1S/C19H17FN2OS2/c1-22(11-15-9-5-6-10-16(15)20)18(23)13-25-19-21-17(12-24-19)14-7-3-2-4-8-14/h2-10,12H,11,13H2,1H3. The summed E-state index contributed by atoms with van der Waals surface area (Å²) in [6.07, 6.45) is 0. The van der Waals surface area contributed by atoms with E-state index >= 15 is 0 Å². The molecule has 3 nitrogen and oxygen atoms in total. The van der Waals surface area contributed by atoms with E-state index in [4.69, 9.17) is 0 Å². The van der Waals surface area contributed by atoms with Crippen LogP contribution >= 0.6 is 23.1 Å². The third kappa shape index (κ3) is 4.67. The summed E-state index contributed by atoms with van der Waals surface area (Å²) in [6.45, 7) is 0.263. The number of rotatable bonds is 6. The summed E-state index contributed by atoms with van der Waals surface area (Å²) in [5, 5.41) is 1.99. The molecule has 0 atom stereocenters. The number of thioether (sulfide) groups is 1. The molecule has 128 valence electrons. The van der Waals surface area contributed by atoms with Crippen LogP contribution in [0.5, 0.6) is 0 Å². The van der Waals surface area contributed by atoms with Gasteiger partial charge in [-0.3, -0.25) is 4.79 Å². The van der Waals surface area contributed by atoms with Gasteiger partial charge in [-0.25, -0.2) is 9.37 Å². The molecule has 0 bridgehead atoms. The fourth-order valence-corrected chi connectivity index (χ4v) is 4.04. The van der Waals surface area contributed by atoms with Crippen molar-refractivity contribution >= 4 is 29.0 Å². The van der Waals surface area contributed by atoms with E-state index in [1.807, 2.05) is 35.7 Å². The lowest BCUT2D eigenvalue weighted by Crippen LogP contribution is -2.28. The van der Waals surface area contributed by atoms with Gasteiger partial charge in [0.05, 0.1) is 11.4 Å². The number of thiazole rings is 1. The molecule has 1 aromatic heterocycles. The van der Waals surface area contributed by atoms with Crippen molar-refractivity contribution in [2.75, 3.05) is 12.8 Å². The third-order valence-electron chi connectivity index (χ3n) is 3.66. The molecule has 25 heavy (non-hydrogen) atoms. The molecule has 1 amide bonds. The monoisotopic (exact) mass is 372 g/mol. The Labute approximate surface area is 154 Å². The molecule has 0 N–H and O–H groups in total. The molecular weight excluding hydrogens is 355 g/mol. The minimum absolute atomic E-state index is 0.0512. The van der Waals surface area contributed by atoms with E-state index in [1.54, 1.807) is 25.2 Å². The molecule has 0 fully saturated rings. The minimum atomic E-state index is -0.290. The van der Waals surface area contributed by atoms with Gasteiger partial charge in [0, 0.05) is 30.1 Å². The Morgan fingerprint density at radius 3 is 2.64 bits per heavy atom. The van der Waals surface area contributed by atoms with Crippen molar-refractivity contribution < 1.29 is 9.18 Å². The zero-order chi connectivity index (χ0) is 17.6. The number of amides is 1. The van der Waals surface area contributed by atoms with Crippen molar-refractivity contribution in [1.82, 2.24) is 9.88 Å². The first-order valence-electron chi connectivity index (χ1n) is 7.74. The van der Waals surface area contributed by atoms with Crippen molar-refractivity contribution in [1.29, 1.82) is 0 Å². The second kappa shape index (κ2) is 8.27.